The normalized spacial score (nSPS) is 9.47. The van der Waals surface area contributed by atoms with E-state index in [9.17, 15) is 4.79 Å². The Hall–Kier alpha value is -1.85. The molecule has 1 aromatic heterocycles. The summed E-state index contributed by atoms with van der Waals surface area (Å²) in [5.74, 6) is 0.833. The smallest absolute Gasteiger partial charge is 0.307 e. The van der Waals surface area contributed by atoms with Crippen molar-refractivity contribution in [3.05, 3.63) is 12.4 Å². The van der Waals surface area contributed by atoms with Crippen LogP contribution >= 0.6 is 0 Å². The van der Waals surface area contributed by atoms with Gasteiger partial charge in [-0.15, -0.1) is 0 Å². The van der Waals surface area contributed by atoms with Gasteiger partial charge in [0.15, 0.2) is 0 Å². The van der Waals surface area contributed by atoms with Crippen LogP contribution in [0.3, 0.4) is 0 Å². The van der Waals surface area contributed by atoms with E-state index in [1.165, 1.54) is 20.5 Å². The standard InChI is InChI=1S/C9H13N3O3/c1-14-8-5-7(11-6-12-8)10-4-3-9(13)15-2/h5-6H,3-4H2,1-2H3,(H,10,11,12). The SMILES string of the molecule is COC(=O)CCNc1cc(OC)ncn1. The predicted octanol–water partition coefficient (Wildman–Crippen LogP) is 0.460. The topological polar surface area (TPSA) is 73.3 Å². The van der Waals surface area contributed by atoms with E-state index in [1.54, 1.807) is 6.07 Å². The van der Waals surface area contributed by atoms with E-state index >= 15 is 0 Å². The van der Waals surface area contributed by atoms with Gasteiger partial charge in [0.2, 0.25) is 5.88 Å². The van der Waals surface area contributed by atoms with Gasteiger partial charge in [0, 0.05) is 12.6 Å². The summed E-state index contributed by atoms with van der Waals surface area (Å²) in [7, 11) is 2.89. The number of hydrogen-bond acceptors (Lipinski definition) is 6. The van der Waals surface area contributed by atoms with Crippen molar-refractivity contribution in [3.8, 4) is 5.88 Å². The van der Waals surface area contributed by atoms with Gasteiger partial charge in [-0.05, 0) is 0 Å². The van der Waals surface area contributed by atoms with Crippen molar-refractivity contribution in [1.29, 1.82) is 0 Å². The van der Waals surface area contributed by atoms with E-state index in [4.69, 9.17) is 4.74 Å². The fourth-order valence-corrected chi connectivity index (χ4v) is 0.942. The number of hydrogen-bond donors (Lipinski definition) is 1. The van der Waals surface area contributed by atoms with Gasteiger partial charge in [-0.3, -0.25) is 4.79 Å². The van der Waals surface area contributed by atoms with Crippen molar-refractivity contribution in [2.75, 3.05) is 26.1 Å². The van der Waals surface area contributed by atoms with Crippen LogP contribution in [0.5, 0.6) is 5.88 Å². The summed E-state index contributed by atoms with van der Waals surface area (Å²) < 4.78 is 9.42. The van der Waals surface area contributed by atoms with Crippen LogP contribution in [0.15, 0.2) is 12.4 Å². The molecule has 0 saturated heterocycles. The Morgan fingerprint density at radius 3 is 2.93 bits per heavy atom. The first kappa shape index (κ1) is 11.2. The first-order chi connectivity index (χ1) is 7.26. The third-order valence-electron chi connectivity index (χ3n) is 1.71. The van der Waals surface area contributed by atoms with Crippen molar-refractivity contribution in [2.45, 2.75) is 6.42 Å². The van der Waals surface area contributed by atoms with Crippen molar-refractivity contribution >= 4 is 11.8 Å². The molecular formula is C9H13N3O3. The Bertz CT molecular complexity index is 330. The summed E-state index contributed by atoms with van der Waals surface area (Å²) >= 11 is 0. The highest BCUT2D eigenvalue weighted by Crippen LogP contribution is 2.09. The van der Waals surface area contributed by atoms with Crippen molar-refractivity contribution in [3.63, 3.8) is 0 Å². The molecule has 82 valence electrons. The molecule has 0 unspecified atom stereocenters. The predicted molar refractivity (Wildman–Crippen MR) is 53.7 cm³/mol. The molecule has 0 atom stereocenters. The number of methoxy groups -OCH3 is 2. The number of ether oxygens (including phenoxy) is 2. The molecule has 0 aliphatic rings. The third kappa shape index (κ3) is 3.80. The summed E-state index contributed by atoms with van der Waals surface area (Å²) in [4.78, 5) is 18.6. The maximum atomic E-state index is 10.8. The Labute approximate surface area is 87.6 Å². The average molecular weight is 211 g/mol. The molecular weight excluding hydrogens is 198 g/mol. The van der Waals surface area contributed by atoms with Crippen LogP contribution in [0, 0.1) is 0 Å². The lowest BCUT2D eigenvalue weighted by Crippen LogP contribution is -2.10. The summed E-state index contributed by atoms with van der Waals surface area (Å²) in [6.07, 6.45) is 1.68. The molecule has 1 rings (SSSR count). The molecule has 15 heavy (non-hydrogen) atoms. The zero-order valence-electron chi connectivity index (χ0n) is 8.69. The molecule has 0 saturated carbocycles. The molecule has 1 aromatic rings. The molecule has 6 heteroatoms. The monoisotopic (exact) mass is 211 g/mol. The zero-order valence-corrected chi connectivity index (χ0v) is 8.69. The third-order valence-corrected chi connectivity index (χ3v) is 1.71. The first-order valence-corrected chi connectivity index (χ1v) is 4.43. The molecule has 1 heterocycles. The van der Waals surface area contributed by atoms with Crippen molar-refractivity contribution < 1.29 is 14.3 Å². The van der Waals surface area contributed by atoms with Gasteiger partial charge < -0.3 is 14.8 Å². The maximum Gasteiger partial charge on any atom is 0.307 e. The second kappa shape index (κ2) is 5.79. The van der Waals surface area contributed by atoms with Crippen LogP contribution in [0.2, 0.25) is 0 Å². The molecule has 0 fully saturated rings. The van der Waals surface area contributed by atoms with Crippen LogP contribution in [0.25, 0.3) is 0 Å². The molecule has 0 amide bonds. The number of anilines is 1. The lowest BCUT2D eigenvalue weighted by molar-refractivity contribution is -0.140. The molecule has 0 aliphatic carbocycles. The number of esters is 1. The zero-order chi connectivity index (χ0) is 11.1. The minimum atomic E-state index is -0.261. The van der Waals surface area contributed by atoms with Gasteiger partial charge in [-0.25, -0.2) is 9.97 Å². The largest absolute Gasteiger partial charge is 0.481 e. The van der Waals surface area contributed by atoms with Crippen LogP contribution in [-0.2, 0) is 9.53 Å². The van der Waals surface area contributed by atoms with Crippen molar-refractivity contribution in [2.24, 2.45) is 0 Å². The molecule has 0 aliphatic heterocycles. The van der Waals surface area contributed by atoms with Crippen LogP contribution in [0.4, 0.5) is 5.82 Å². The summed E-state index contributed by atoms with van der Waals surface area (Å²) in [5.41, 5.74) is 0. The van der Waals surface area contributed by atoms with Gasteiger partial charge in [0.1, 0.15) is 12.1 Å². The highest BCUT2D eigenvalue weighted by Gasteiger charge is 2.01. The Morgan fingerprint density at radius 1 is 1.47 bits per heavy atom. The van der Waals surface area contributed by atoms with Gasteiger partial charge >= 0.3 is 5.97 Å². The molecule has 1 N–H and O–H groups in total. The molecule has 0 bridgehead atoms. The van der Waals surface area contributed by atoms with Gasteiger partial charge in [0.05, 0.1) is 20.6 Å². The lowest BCUT2D eigenvalue weighted by Gasteiger charge is -2.05. The maximum absolute atomic E-state index is 10.8. The van der Waals surface area contributed by atoms with Crippen LogP contribution in [-0.4, -0.2) is 36.7 Å². The minimum Gasteiger partial charge on any atom is -0.481 e. The quantitative estimate of drug-likeness (QED) is 0.713. The average Bonchev–Trinajstić information content (AvgIpc) is 2.29. The highest BCUT2D eigenvalue weighted by atomic mass is 16.5. The summed E-state index contributed by atoms with van der Waals surface area (Å²) in [5, 5.41) is 2.95. The molecule has 0 spiro atoms. The number of rotatable bonds is 5. The summed E-state index contributed by atoms with van der Waals surface area (Å²) in [6.45, 7) is 0.465. The van der Waals surface area contributed by atoms with Crippen LogP contribution < -0.4 is 10.1 Å². The van der Waals surface area contributed by atoms with E-state index < -0.39 is 0 Å². The fraction of sp³-hybridized carbons (Fsp3) is 0.444. The molecule has 6 nitrogen and oxygen atoms in total. The van der Waals surface area contributed by atoms with E-state index in [0.717, 1.165) is 0 Å². The van der Waals surface area contributed by atoms with Gasteiger partial charge in [-0.1, -0.05) is 0 Å². The second-order valence-corrected chi connectivity index (χ2v) is 2.70. The Kier molecular flexibility index (Phi) is 4.33. The van der Waals surface area contributed by atoms with E-state index in [0.29, 0.717) is 24.7 Å². The van der Waals surface area contributed by atoms with E-state index in [-0.39, 0.29) is 5.97 Å². The number of nitrogens with zero attached hydrogens (tertiary/aromatic N) is 2. The lowest BCUT2D eigenvalue weighted by atomic mass is 10.4. The fourth-order valence-electron chi connectivity index (χ4n) is 0.942. The van der Waals surface area contributed by atoms with E-state index in [1.807, 2.05) is 0 Å². The first-order valence-electron chi connectivity index (χ1n) is 4.43. The number of nitrogens with one attached hydrogen (secondary N) is 1. The van der Waals surface area contributed by atoms with Gasteiger partial charge in [0.25, 0.3) is 0 Å². The molecule has 0 aromatic carbocycles. The minimum absolute atomic E-state index is 0.261. The molecule has 0 radical (unpaired) electrons. The number of carbonyl (C=O) groups is 1. The highest BCUT2D eigenvalue weighted by molar-refractivity contribution is 5.69. The van der Waals surface area contributed by atoms with E-state index in [2.05, 4.69) is 20.0 Å². The van der Waals surface area contributed by atoms with Gasteiger partial charge in [-0.2, -0.15) is 0 Å². The second-order valence-electron chi connectivity index (χ2n) is 2.70. The Balaban J connectivity index is 2.40. The Morgan fingerprint density at radius 2 is 2.27 bits per heavy atom. The number of carbonyl (C=O) groups excluding carboxylic acids is 1. The van der Waals surface area contributed by atoms with Crippen molar-refractivity contribution in [1.82, 2.24) is 9.97 Å². The summed E-state index contributed by atoms with van der Waals surface area (Å²) in [6, 6.07) is 1.65. The van der Waals surface area contributed by atoms with Crippen LogP contribution in [0.1, 0.15) is 6.42 Å². The number of aromatic nitrogens is 2.